The van der Waals surface area contributed by atoms with Crippen LogP contribution in [-0.2, 0) is 16.1 Å². The summed E-state index contributed by atoms with van der Waals surface area (Å²) < 4.78 is 7.23. The van der Waals surface area contributed by atoms with Gasteiger partial charge in [-0.15, -0.1) is 10.2 Å². The molecule has 3 rings (SSSR count). The van der Waals surface area contributed by atoms with Gasteiger partial charge in [0.2, 0.25) is 5.91 Å². The molecule has 1 N–H and O–H groups in total. The van der Waals surface area contributed by atoms with Crippen LogP contribution in [0.25, 0.3) is 0 Å². The number of benzene rings is 2. The standard InChI is InChI=1S/C26H33N5O3S/c1-5-16-34-25(33)20-12-14-21(15-13-20)27-23(32)18-35-26-29-28-24(22(6-2)30(3)4)31(26)17-19-10-8-7-9-11-19/h7-15,22H,5-6,16-18H2,1-4H3,(H,27,32). The largest absolute Gasteiger partial charge is 0.462 e. The zero-order valence-electron chi connectivity index (χ0n) is 20.7. The molecule has 0 aliphatic heterocycles. The number of nitrogens with one attached hydrogen (secondary N) is 1. The zero-order valence-corrected chi connectivity index (χ0v) is 21.5. The second-order valence-electron chi connectivity index (χ2n) is 8.35. The summed E-state index contributed by atoms with van der Waals surface area (Å²) in [6.45, 7) is 5.09. The van der Waals surface area contributed by atoms with Crippen LogP contribution in [-0.4, -0.2) is 58.0 Å². The van der Waals surface area contributed by atoms with Crippen molar-refractivity contribution in [2.24, 2.45) is 0 Å². The molecule has 1 atom stereocenters. The topological polar surface area (TPSA) is 89.3 Å². The number of carbonyl (C=O) groups excluding carboxylic acids is 2. The molecule has 1 heterocycles. The van der Waals surface area contributed by atoms with Crippen LogP contribution in [0.4, 0.5) is 5.69 Å². The summed E-state index contributed by atoms with van der Waals surface area (Å²) in [5.74, 6) is 0.546. The molecule has 9 heteroatoms. The quantitative estimate of drug-likeness (QED) is 0.289. The molecule has 186 valence electrons. The van der Waals surface area contributed by atoms with Crippen molar-refractivity contribution in [2.75, 3.05) is 31.8 Å². The monoisotopic (exact) mass is 495 g/mol. The van der Waals surface area contributed by atoms with Gasteiger partial charge < -0.3 is 14.6 Å². The van der Waals surface area contributed by atoms with Crippen LogP contribution in [0, 0.1) is 0 Å². The Kier molecular flexibility index (Phi) is 9.86. The number of esters is 1. The number of anilines is 1. The molecule has 0 aliphatic rings. The summed E-state index contributed by atoms with van der Waals surface area (Å²) in [6.07, 6.45) is 1.67. The molecule has 0 radical (unpaired) electrons. The van der Waals surface area contributed by atoms with Crippen LogP contribution in [0.2, 0.25) is 0 Å². The van der Waals surface area contributed by atoms with E-state index in [-0.39, 0.29) is 23.7 Å². The summed E-state index contributed by atoms with van der Waals surface area (Å²) >= 11 is 1.36. The highest BCUT2D eigenvalue weighted by Crippen LogP contribution is 2.26. The molecule has 3 aromatic rings. The molecule has 0 saturated heterocycles. The number of rotatable bonds is 12. The minimum Gasteiger partial charge on any atom is -0.462 e. The van der Waals surface area contributed by atoms with Gasteiger partial charge in [0.25, 0.3) is 0 Å². The summed E-state index contributed by atoms with van der Waals surface area (Å²) in [4.78, 5) is 26.7. The van der Waals surface area contributed by atoms with Crippen molar-refractivity contribution in [2.45, 2.75) is 44.4 Å². The third-order valence-corrected chi connectivity index (χ3v) is 6.38. The van der Waals surface area contributed by atoms with E-state index < -0.39 is 0 Å². The third kappa shape index (κ3) is 7.40. The maximum Gasteiger partial charge on any atom is 0.338 e. The van der Waals surface area contributed by atoms with E-state index in [0.29, 0.717) is 29.6 Å². The van der Waals surface area contributed by atoms with Crippen LogP contribution in [0.1, 0.15) is 54.5 Å². The Bertz CT molecular complexity index is 1100. The molecule has 1 unspecified atom stereocenters. The lowest BCUT2D eigenvalue weighted by atomic mass is 10.2. The first-order valence-electron chi connectivity index (χ1n) is 11.8. The van der Waals surface area contributed by atoms with E-state index in [1.54, 1.807) is 24.3 Å². The van der Waals surface area contributed by atoms with Crippen molar-refractivity contribution in [1.29, 1.82) is 0 Å². The maximum atomic E-state index is 12.6. The van der Waals surface area contributed by atoms with Crippen LogP contribution < -0.4 is 5.32 Å². The maximum absolute atomic E-state index is 12.6. The predicted octanol–water partition coefficient (Wildman–Crippen LogP) is 4.64. The van der Waals surface area contributed by atoms with Gasteiger partial charge in [-0.25, -0.2) is 4.79 Å². The van der Waals surface area contributed by atoms with E-state index in [1.807, 2.05) is 39.2 Å². The molecular weight excluding hydrogens is 462 g/mol. The fraction of sp³-hybridized carbons (Fsp3) is 0.385. The lowest BCUT2D eigenvalue weighted by Gasteiger charge is -2.23. The van der Waals surface area contributed by atoms with Crippen molar-refractivity contribution in [3.63, 3.8) is 0 Å². The minimum atomic E-state index is -0.364. The Morgan fingerprint density at radius 2 is 1.77 bits per heavy atom. The molecule has 1 aromatic heterocycles. The van der Waals surface area contributed by atoms with Gasteiger partial charge in [-0.1, -0.05) is 55.9 Å². The average Bonchev–Trinajstić information content (AvgIpc) is 3.24. The number of carbonyl (C=O) groups is 2. The Hall–Kier alpha value is -3.17. The van der Waals surface area contributed by atoms with Crippen molar-refractivity contribution in [3.8, 4) is 0 Å². The Morgan fingerprint density at radius 3 is 2.40 bits per heavy atom. The molecule has 2 aromatic carbocycles. The highest BCUT2D eigenvalue weighted by atomic mass is 32.2. The van der Waals surface area contributed by atoms with Gasteiger partial charge in [-0.3, -0.25) is 9.69 Å². The first-order valence-corrected chi connectivity index (χ1v) is 12.7. The lowest BCUT2D eigenvalue weighted by molar-refractivity contribution is -0.113. The van der Waals surface area contributed by atoms with Crippen LogP contribution in [0.3, 0.4) is 0 Å². The first kappa shape index (κ1) is 26.4. The number of hydrogen-bond donors (Lipinski definition) is 1. The van der Waals surface area contributed by atoms with E-state index in [1.165, 1.54) is 11.8 Å². The highest BCUT2D eigenvalue weighted by Gasteiger charge is 2.22. The zero-order chi connectivity index (χ0) is 25.2. The Balaban J connectivity index is 1.67. The minimum absolute atomic E-state index is 0.122. The second kappa shape index (κ2) is 13.1. The fourth-order valence-electron chi connectivity index (χ4n) is 3.64. The molecule has 0 spiro atoms. The van der Waals surface area contributed by atoms with Gasteiger partial charge in [-0.05, 0) is 56.8 Å². The number of hydrogen-bond acceptors (Lipinski definition) is 7. The molecule has 0 aliphatic carbocycles. The molecule has 0 saturated carbocycles. The third-order valence-electron chi connectivity index (χ3n) is 5.41. The lowest BCUT2D eigenvalue weighted by Crippen LogP contribution is -2.23. The molecular formula is C26H33N5O3S. The number of ether oxygens (including phenoxy) is 1. The van der Waals surface area contributed by atoms with Crippen molar-refractivity contribution in [1.82, 2.24) is 19.7 Å². The van der Waals surface area contributed by atoms with Crippen molar-refractivity contribution in [3.05, 3.63) is 71.5 Å². The van der Waals surface area contributed by atoms with E-state index in [9.17, 15) is 9.59 Å². The number of thioether (sulfide) groups is 1. The van der Waals surface area contributed by atoms with E-state index in [2.05, 4.69) is 44.0 Å². The number of nitrogens with zero attached hydrogens (tertiary/aromatic N) is 4. The van der Waals surface area contributed by atoms with E-state index >= 15 is 0 Å². The van der Waals surface area contributed by atoms with Crippen molar-refractivity contribution >= 4 is 29.3 Å². The highest BCUT2D eigenvalue weighted by molar-refractivity contribution is 7.99. The molecule has 1 amide bonds. The normalized spacial score (nSPS) is 11.9. The van der Waals surface area contributed by atoms with Crippen LogP contribution in [0.5, 0.6) is 0 Å². The summed E-state index contributed by atoms with van der Waals surface area (Å²) in [6, 6.07) is 17.0. The Labute approximate surface area is 211 Å². The second-order valence-corrected chi connectivity index (χ2v) is 9.29. The van der Waals surface area contributed by atoms with Gasteiger partial charge in [0.1, 0.15) is 0 Å². The summed E-state index contributed by atoms with van der Waals surface area (Å²) in [5.41, 5.74) is 2.22. The summed E-state index contributed by atoms with van der Waals surface area (Å²) in [5, 5.41) is 12.5. The fourth-order valence-corrected chi connectivity index (χ4v) is 4.39. The summed E-state index contributed by atoms with van der Waals surface area (Å²) in [7, 11) is 4.06. The van der Waals surface area contributed by atoms with Gasteiger partial charge in [-0.2, -0.15) is 0 Å². The van der Waals surface area contributed by atoms with Crippen LogP contribution in [0.15, 0.2) is 59.8 Å². The molecule has 0 fully saturated rings. The number of aromatic nitrogens is 3. The Morgan fingerprint density at radius 1 is 1.06 bits per heavy atom. The first-order chi connectivity index (χ1) is 16.9. The number of amides is 1. The van der Waals surface area contributed by atoms with Gasteiger partial charge >= 0.3 is 5.97 Å². The van der Waals surface area contributed by atoms with E-state index in [0.717, 1.165) is 24.2 Å². The van der Waals surface area contributed by atoms with Gasteiger partial charge in [0.05, 0.1) is 30.5 Å². The molecule has 0 bridgehead atoms. The average molecular weight is 496 g/mol. The molecule has 8 nitrogen and oxygen atoms in total. The van der Waals surface area contributed by atoms with Crippen LogP contribution >= 0.6 is 11.8 Å². The van der Waals surface area contributed by atoms with E-state index in [4.69, 9.17) is 4.74 Å². The predicted molar refractivity (Wildman–Crippen MR) is 139 cm³/mol. The SMILES string of the molecule is CCCOC(=O)c1ccc(NC(=O)CSc2nnc(C(CC)N(C)C)n2Cc2ccccc2)cc1. The van der Waals surface area contributed by atoms with Crippen molar-refractivity contribution < 1.29 is 14.3 Å². The molecule has 35 heavy (non-hydrogen) atoms. The van der Waals surface area contributed by atoms with Gasteiger partial charge in [0.15, 0.2) is 11.0 Å². The van der Waals surface area contributed by atoms with Gasteiger partial charge in [0, 0.05) is 5.69 Å². The smallest absolute Gasteiger partial charge is 0.338 e.